The Morgan fingerprint density at radius 1 is 1.33 bits per heavy atom. The number of aryl methyl sites for hydroxylation is 1. The minimum Gasteiger partial charge on any atom is -0.244 e. The number of hydrogen-bond acceptors (Lipinski definition) is 2. The molecule has 15 heavy (non-hydrogen) atoms. The van der Waals surface area contributed by atoms with Crippen LogP contribution in [0.4, 0.5) is 0 Å². The number of hydrogen-bond donors (Lipinski definition) is 0. The molecule has 80 valence electrons. The van der Waals surface area contributed by atoms with Crippen LogP contribution in [0.25, 0.3) is 10.9 Å². The molecule has 0 aliphatic heterocycles. The number of aromatic nitrogens is 1. The van der Waals surface area contributed by atoms with Gasteiger partial charge >= 0.3 is 0 Å². The van der Waals surface area contributed by atoms with E-state index in [2.05, 4.69) is 22.6 Å². The van der Waals surface area contributed by atoms with Gasteiger partial charge < -0.3 is 0 Å². The summed E-state index contributed by atoms with van der Waals surface area (Å²) in [6.07, 6.45) is 2.87. The van der Waals surface area contributed by atoms with Gasteiger partial charge in [-0.05, 0) is 41.1 Å². The molecule has 0 radical (unpaired) electrons. The van der Waals surface area contributed by atoms with E-state index in [0.29, 0.717) is 0 Å². The van der Waals surface area contributed by atoms with Gasteiger partial charge in [0.15, 0.2) is 0 Å². The number of benzene rings is 1. The minimum absolute atomic E-state index is 0.752. The Bertz CT molecular complexity index is 628. The lowest BCUT2D eigenvalue weighted by Crippen LogP contribution is -2.08. The Morgan fingerprint density at radius 2 is 2.00 bits per heavy atom. The monoisotopic (exact) mass is 335 g/mol. The van der Waals surface area contributed by atoms with Crippen molar-refractivity contribution in [2.24, 2.45) is 0 Å². The van der Waals surface area contributed by atoms with Crippen LogP contribution in [0.5, 0.6) is 0 Å². The lowest BCUT2D eigenvalue weighted by Gasteiger charge is -2.01. The predicted octanol–water partition coefficient (Wildman–Crippen LogP) is 2.36. The van der Waals surface area contributed by atoms with Crippen molar-refractivity contribution >= 4 is 43.5 Å². The second kappa shape index (κ2) is 3.48. The molecular weight excluding hydrogens is 325 g/mol. The molecule has 1 aromatic carbocycles. The third-order valence-corrected chi connectivity index (χ3v) is 4.11. The van der Waals surface area contributed by atoms with Gasteiger partial charge in [-0.25, -0.2) is 12.4 Å². The average Bonchev–Trinajstić information content (AvgIpc) is 2.42. The van der Waals surface area contributed by atoms with Crippen LogP contribution < -0.4 is 0 Å². The zero-order valence-corrected chi connectivity index (χ0v) is 11.3. The molecule has 0 unspecified atom stereocenters. The van der Waals surface area contributed by atoms with E-state index in [1.807, 2.05) is 25.1 Å². The fourth-order valence-electron chi connectivity index (χ4n) is 1.54. The Balaban J connectivity index is 2.94. The molecule has 0 fully saturated rings. The molecular formula is C10H10INO2S. The van der Waals surface area contributed by atoms with Crippen LogP contribution in [0.2, 0.25) is 0 Å². The highest BCUT2D eigenvalue weighted by Gasteiger charge is 2.12. The van der Waals surface area contributed by atoms with E-state index in [9.17, 15) is 8.42 Å². The fraction of sp³-hybridized carbons (Fsp3) is 0.200. The first-order valence-corrected chi connectivity index (χ1v) is 7.30. The molecule has 0 saturated carbocycles. The minimum atomic E-state index is -3.21. The van der Waals surface area contributed by atoms with E-state index < -0.39 is 10.0 Å². The first-order valence-electron chi connectivity index (χ1n) is 4.37. The van der Waals surface area contributed by atoms with Crippen LogP contribution in [0.1, 0.15) is 5.56 Å². The van der Waals surface area contributed by atoms with Crippen molar-refractivity contribution in [1.29, 1.82) is 0 Å². The summed E-state index contributed by atoms with van der Waals surface area (Å²) in [5, 5.41) is 0.978. The van der Waals surface area contributed by atoms with Crippen molar-refractivity contribution in [3.8, 4) is 0 Å². The van der Waals surface area contributed by atoms with Gasteiger partial charge in [0.2, 0.25) is 10.0 Å². The largest absolute Gasteiger partial charge is 0.244 e. The van der Waals surface area contributed by atoms with E-state index in [-0.39, 0.29) is 0 Å². The molecule has 0 aliphatic carbocycles. The molecule has 1 heterocycles. The van der Waals surface area contributed by atoms with Crippen LogP contribution in [0, 0.1) is 10.5 Å². The van der Waals surface area contributed by atoms with E-state index >= 15 is 0 Å². The normalized spacial score (nSPS) is 12.2. The maximum Gasteiger partial charge on any atom is 0.236 e. The summed E-state index contributed by atoms with van der Waals surface area (Å²) in [5.74, 6) is 0. The van der Waals surface area contributed by atoms with Gasteiger partial charge in [0.05, 0.1) is 11.8 Å². The summed E-state index contributed by atoms with van der Waals surface area (Å²) < 4.78 is 25.3. The molecule has 0 atom stereocenters. The standard InChI is InChI=1S/C10H10INO2S/c1-7-3-4-8-9(11)6-12(10(8)5-7)15(2,13)14/h3-6H,1-2H3. The Morgan fingerprint density at radius 3 is 2.60 bits per heavy atom. The van der Waals surface area contributed by atoms with Crippen molar-refractivity contribution < 1.29 is 8.42 Å². The molecule has 0 spiro atoms. The molecule has 1 aromatic heterocycles. The number of rotatable bonds is 1. The van der Waals surface area contributed by atoms with Crippen molar-refractivity contribution in [3.63, 3.8) is 0 Å². The lowest BCUT2D eigenvalue weighted by atomic mass is 10.2. The first-order chi connectivity index (χ1) is 6.89. The summed E-state index contributed by atoms with van der Waals surface area (Å²) in [4.78, 5) is 0. The fourth-order valence-corrected chi connectivity index (χ4v) is 3.27. The summed E-state index contributed by atoms with van der Waals surface area (Å²) in [7, 11) is -3.21. The number of fused-ring (bicyclic) bond motifs is 1. The highest BCUT2D eigenvalue weighted by molar-refractivity contribution is 14.1. The molecule has 0 N–H and O–H groups in total. The van der Waals surface area contributed by atoms with Gasteiger partial charge in [-0.2, -0.15) is 0 Å². The van der Waals surface area contributed by atoms with Gasteiger partial charge in [-0.3, -0.25) is 0 Å². The number of halogens is 1. The molecule has 0 saturated heterocycles. The Hall–Kier alpha value is -0.560. The van der Waals surface area contributed by atoms with Crippen LogP contribution in [-0.4, -0.2) is 18.6 Å². The second-order valence-corrected chi connectivity index (χ2v) is 6.58. The van der Waals surface area contributed by atoms with Crippen LogP contribution in [0.15, 0.2) is 24.4 Å². The highest BCUT2D eigenvalue weighted by atomic mass is 127. The number of nitrogens with zero attached hydrogens (tertiary/aromatic N) is 1. The molecule has 0 aliphatic rings. The van der Waals surface area contributed by atoms with Crippen molar-refractivity contribution in [2.75, 3.05) is 6.26 Å². The topological polar surface area (TPSA) is 39.1 Å². The second-order valence-electron chi connectivity index (χ2n) is 3.56. The quantitative estimate of drug-likeness (QED) is 0.751. The maximum atomic E-state index is 11.5. The molecule has 2 aromatic rings. The zero-order chi connectivity index (χ0) is 11.2. The van der Waals surface area contributed by atoms with Crippen LogP contribution >= 0.6 is 22.6 Å². The molecule has 0 bridgehead atoms. The lowest BCUT2D eigenvalue weighted by molar-refractivity contribution is 0.595. The summed E-state index contributed by atoms with van der Waals surface area (Å²) in [6, 6.07) is 5.82. The molecule has 2 rings (SSSR count). The highest BCUT2D eigenvalue weighted by Crippen LogP contribution is 2.24. The van der Waals surface area contributed by atoms with E-state index in [1.54, 1.807) is 6.20 Å². The zero-order valence-electron chi connectivity index (χ0n) is 8.36. The molecule has 3 nitrogen and oxygen atoms in total. The molecule has 5 heteroatoms. The Labute approximate surface area is 102 Å². The predicted molar refractivity (Wildman–Crippen MR) is 69.6 cm³/mol. The summed E-state index contributed by atoms with van der Waals surface area (Å²) >= 11 is 2.15. The van der Waals surface area contributed by atoms with Gasteiger partial charge in [0, 0.05) is 15.2 Å². The Kier molecular flexibility index (Phi) is 2.54. The van der Waals surface area contributed by atoms with Crippen molar-refractivity contribution in [1.82, 2.24) is 3.97 Å². The van der Waals surface area contributed by atoms with Crippen LogP contribution in [-0.2, 0) is 10.0 Å². The summed E-state index contributed by atoms with van der Waals surface area (Å²) in [6.45, 7) is 1.95. The summed E-state index contributed by atoms with van der Waals surface area (Å²) in [5.41, 5.74) is 1.81. The van der Waals surface area contributed by atoms with Gasteiger partial charge in [0.25, 0.3) is 0 Å². The van der Waals surface area contributed by atoms with Gasteiger partial charge in [0.1, 0.15) is 0 Å². The average molecular weight is 335 g/mol. The van der Waals surface area contributed by atoms with Gasteiger partial charge in [-0.1, -0.05) is 12.1 Å². The van der Waals surface area contributed by atoms with E-state index in [1.165, 1.54) is 10.2 Å². The molecule has 0 amide bonds. The third-order valence-electron chi connectivity index (χ3n) is 2.24. The third kappa shape index (κ3) is 1.90. The van der Waals surface area contributed by atoms with Gasteiger partial charge in [-0.15, -0.1) is 0 Å². The van der Waals surface area contributed by atoms with Crippen LogP contribution in [0.3, 0.4) is 0 Å². The van der Waals surface area contributed by atoms with E-state index in [0.717, 1.165) is 20.0 Å². The van der Waals surface area contributed by atoms with Crippen molar-refractivity contribution in [3.05, 3.63) is 33.5 Å². The van der Waals surface area contributed by atoms with E-state index in [4.69, 9.17) is 0 Å². The maximum absolute atomic E-state index is 11.5. The van der Waals surface area contributed by atoms with Crippen molar-refractivity contribution in [2.45, 2.75) is 6.92 Å². The first kappa shape index (κ1) is 10.9. The smallest absolute Gasteiger partial charge is 0.236 e. The SMILES string of the molecule is Cc1ccc2c(I)cn(S(C)(=O)=O)c2c1.